The molecule has 2 N–H and O–H groups in total. The SMILES string of the molecule is CCNC(=NCCCN1C(=O)COc2ccccc21)NC1CCCN(c2cnn(C)c2)C1.I. The zero-order valence-corrected chi connectivity index (χ0v) is 21.7. The molecule has 1 aromatic heterocycles. The molecule has 4 rings (SSSR count). The van der Waals surface area contributed by atoms with Gasteiger partial charge < -0.3 is 25.2 Å². The molecule has 2 aliphatic rings. The number of rotatable bonds is 7. The number of piperidine rings is 1. The molecule has 1 atom stereocenters. The average Bonchev–Trinajstić information content (AvgIpc) is 3.24. The Labute approximate surface area is 212 Å². The Kier molecular flexibility index (Phi) is 9.21. The van der Waals surface area contributed by atoms with Crippen molar-refractivity contribution in [1.29, 1.82) is 0 Å². The van der Waals surface area contributed by atoms with Crippen LogP contribution in [0.3, 0.4) is 0 Å². The standard InChI is InChI=1S/C23H33N7O2.HI/c1-3-24-23(27-18-8-6-12-29(15-18)19-14-26-28(2)16-19)25-11-7-13-30-20-9-4-5-10-21(20)32-17-22(30)31;/h4-5,9-10,14,16,18H,3,6-8,11-13,15,17H2,1-2H3,(H2,24,25,27);1H. The molecule has 3 heterocycles. The zero-order chi connectivity index (χ0) is 22.3. The van der Waals surface area contributed by atoms with Gasteiger partial charge in [-0.2, -0.15) is 5.10 Å². The van der Waals surface area contributed by atoms with Crippen LogP contribution >= 0.6 is 24.0 Å². The summed E-state index contributed by atoms with van der Waals surface area (Å²) in [5, 5.41) is 11.2. The second-order valence-corrected chi connectivity index (χ2v) is 8.22. The van der Waals surface area contributed by atoms with Crippen molar-refractivity contribution in [2.45, 2.75) is 32.2 Å². The number of hydrogen-bond acceptors (Lipinski definition) is 5. The topological polar surface area (TPSA) is 87.0 Å². The normalized spacial score (nSPS) is 18.3. The van der Waals surface area contributed by atoms with E-state index in [1.807, 2.05) is 47.1 Å². The Morgan fingerprint density at radius 3 is 2.97 bits per heavy atom. The summed E-state index contributed by atoms with van der Waals surface area (Å²) < 4.78 is 7.36. The quantitative estimate of drug-likeness (QED) is 0.231. The predicted octanol–water partition coefficient (Wildman–Crippen LogP) is 2.38. The molecule has 1 fully saturated rings. The maximum Gasteiger partial charge on any atom is 0.265 e. The Morgan fingerprint density at radius 2 is 2.18 bits per heavy atom. The van der Waals surface area contributed by atoms with Crippen LogP contribution in [0.4, 0.5) is 11.4 Å². The van der Waals surface area contributed by atoms with E-state index in [1.54, 1.807) is 0 Å². The van der Waals surface area contributed by atoms with Gasteiger partial charge in [-0.1, -0.05) is 12.1 Å². The smallest absolute Gasteiger partial charge is 0.265 e. The summed E-state index contributed by atoms with van der Waals surface area (Å²) in [6.07, 6.45) is 7.01. The first kappa shape index (κ1) is 25.1. The molecule has 0 spiro atoms. The fraction of sp³-hybridized carbons (Fsp3) is 0.522. The maximum absolute atomic E-state index is 12.3. The first-order valence-electron chi connectivity index (χ1n) is 11.4. The van der Waals surface area contributed by atoms with E-state index in [2.05, 4.69) is 33.8 Å². The van der Waals surface area contributed by atoms with Gasteiger partial charge in [0.2, 0.25) is 0 Å². The Morgan fingerprint density at radius 1 is 1.33 bits per heavy atom. The molecule has 0 saturated carbocycles. The number of anilines is 2. The van der Waals surface area contributed by atoms with Gasteiger partial charge in [-0.15, -0.1) is 24.0 Å². The Balaban J connectivity index is 0.00000306. The second-order valence-electron chi connectivity index (χ2n) is 8.22. The Bertz CT molecular complexity index is 948. The number of aryl methyl sites for hydroxylation is 1. The van der Waals surface area contributed by atoms with Gasteiger partial charge in [-0.25, -0.2) is 0 Å². The number of nitrogens with one attached hydrogen (secondary N) is 2. The number of carbonyl (C=O) groups excluding carboxylic acids is 1. The number of ether oxygens (including phenoxy) is 1. The molecule has 2 aliphatic heterocycles. The van der Waals surface area contributed by atoms with Crippen LogP contribution in [0.25, 0.3) is 0 Å². The van der Waals surface area contributed by atoms with E-state index in [-0.39, 0.29) is 36.5 Å². The molecule has 33 heavy (non-hydrogen) atoms. The van der Waals surface area contributed by atoms with Crippen LogP contribution in [0, 0.1) is 0 Å². The minimum atomic E-state index is -0.00425. The lowest BCUT2D eigenvalue weighted by Crippen LogP contribution is -2.51. The molecule has 1 aromatic carbocycles. The van der Waals surface area contributed by atoms with Crippen molar-refractivity contribution in [3.05, 3.63) is 36.7 Å². The largest absolute Gasteiger partial charge is 0.482 e. The highest BCUT2D eigenvalue weighted by atomic mass is 127. The fourth-order valence-corrected chi connectivity index (χ4v) is 4.23. The number of carbonyl (C=O) groups is 1. The molecule has 0 bridgehead atoms. The lowest BCUT2D eigenvalue weighted by atomic mass is 10.1. The number of aliphatic imine (C=N–C) groups is 1. The summed E-state index contributed by atoms with van der Waals surface area (Å²) in [5.74, 6) is 1.59. The van der Waals surface area contributed by atoms with Crippen molar-refractivity contribution in [3.63, 3.8) is 0 Å². The lowest BCUT2D eigenvalue weighted by Gasteiger charge is -2.34. The molecule has 10 heteroatoms. The number of benzene rings is 1. The molecular formula is C23H34IN7O2. The lowest BCUT2D eigenvalue weighted by molar-refractivity contribution is -0.121. The van der Waals surface area contributed by atoms with E-state index in [0.717, 1.165) is 62.0 Å². The summed E-state index contributed by atoms with van der Waals surface area (Å²) >= 11 is 0. The number of halogens is 1. The van der Waals surface area contributed by atoms with Gasteiger partial charge in [0.05, 0.1) is 17.6 Å². The van der Waals surface area contributed by atoms with Gasteiger partial charge in [0.25, 0.3) is 5.91 Å². The summed E-state index contributed by atoms with van der Waals surface area (Å²) in [4.78, 5) is 21.3. The number of amides is 1. The van der Waals surface area contributed by atoms with Crippen LogP contribution in [0.5, 0.6) is 5.75 Å². The molecule has 1 amide bonds. The van der Waals surface area contributed by atoms with Crippen LogP contribution in [-0.2, 0) is 11.8 Å². The first-order valence-corrected chi connectivity index (χ1v) is 11.4. The number of nitrogens with zero attached hydrogens (tertiary/aromatic N) is 5. The van der Waals surface area contributed by atoms with Gasteiger partial charge in [0.1, 0.15) is 5.75 Å². The molecule has 2 aromatic rings. The van der Waals surface area contributed by atoms with Crippen LogP contribution in [-0.4, -0.2) is 67.0 Å². The third kappa shape index (κ3) is 6.52. The van der Waals surface area contributed by atoms with E-state index in [1.165, 1.54) is 0 Å². The van der Waals surface area contributed by atoms with E-state index in [0.29, 0.717) is 19.1 Å². The number of hydrogen-bond donors (Lipinski definition) is 2. The van der Waals surface area contributed by atoms with Crippen molar-refractivity contribution in [1.82, 2.24) is 20.4 Å². The minimum absolute atomic E-state index is 0. The zero-order valence-electron chi connectivity index (χ0n) is 19.4. The van der Waals surface area contributed by atoms with Crippen molar-refractivity contribution < 1.29 is 9.53 Å². The van der Waals surface area contributed by atoms with Gasteiger partial charge in [-0.05, 0) is 38.3 Å². The highest BCUT2D eigenvalue weighted by Gasteiger charge is 2.25. The first-order chi connectivity index (χ1) is 15.6. The highest BCUT2D eigenvalue weighted by molar-refractivity contribution is 14.0. The van der Waals surface area contributed by atoms with Crippen molar-refractivity contribution in [2.75, 3.05) is 49.1 Å². The monoisotopic (exact) mass is 567 g/mol. The summed E-state index contributed by atoms with van der Waals surface area (Å²) in [6.45, 7) is 6.21. The molecule has 180 valence electrons. The third-order valence-corrected chi connectivity index (χ3v) is 5.78. The summed E-state index contributed by atoms with van der Waals surface area (Å²) in [6, 6.07) is 8.01. The van der Waals surface area contributed by atoms with E-state index in [4.69, 9.17) is 9.73 Å². The Hall–Kier alpha value is -2.50. The van der Waals surface area contributed by atoms with Crippen LogP contribution < -0.4 is 25.2 Å². The number of fused-ring (bicyclic) bond motifs is 1. The molecule has 1 unspecified atom stereocenters. The van der Waals surface area contributed by atoms with E-state index in [9.17, 15) is 4.79 Å². The van der Waals surface area contributed by atoms with Gasteiger partial charge in [0.15, 0.2) is 12.6 Å². The van der Waals surface area contributed by atoms with E-state index >= 15 is 0 Å². The molecule has 0 aliphatic carbocycles. The van der Waals surface area contributed by atoms with Gasteiger partial charge >= 0.3 is 0 Å². The number of aromatic nitrogens is 2. The van der Waals surface area contributed by atoms with Crippen LogP contribution in [0.2, 0.25) is 0 Å². The van der Waals surface area contributed by atoms with Gasteiger partial charge in [0, 0.05) is 52.0 Å². The van der Waals surface area contributed by atoms with E-state index < -0.39 is 0 Å². The molecule has 0 radical (unpaired) electrons. The molecule has 1 saturated heterocycles. The summed E-state index contributed by atoms with van der Waals surface area (Å²) in [5.41, 5.74) is 2.01. The number of para-hydroxylation sites is 2. The average molecular weight is 567 g/mol. The second kappa shape index (κ2) is 12.1. The predicted molar refractivity (Wildman–Crippen MR) is 142 cm³/mol. The van der Waals surface area contributed by atoms with Crippen molar-refractivity contribution in [3.8, 4) is 5.75 Å². The van der Waals surface area contributed by atoms with Crippen LogP contribution in [0.15, 0.2) is 41.7 Å². The van der Waals surface area contributed by atoms with Crippen LogP contribution in [0.1, 0.15) is 26.2 Å². The highest BCUT2D eigenvalue weighted by Crippen LogP contribution is 2.31. The fourth-order valence-electron chi connectivity index (χ4n) is 4.23. The molecular weight excluding hydrogens is 533 g/mol. The summed E-state index contributed by atoms with van der Waals surface area (Å²) in [7, 11) is 1.95. The third-order valence-electron chi connectivity index (χ3n) is 5.78. The maximum atomic E-state index is 12.3. The molecule has 9 nitrogen and oxygen atoms in total. The van der Waals surface area contributed by atoms with Crippen molar-refractivity contribution in [2.24, 2.45) is 12.0 Å². The minimum Gasteiger partial charge on any atom is -0.482 e. The van der Waals surface area contributed by atoms with Gasteiger partial charge in [-0.3, -0.25) is 14.5 Å². The van der Waals surface area contributed by atoms with Crippen molar-refractivity contribution >= 4 is 47.2 Å². The number of guanidine groups is 1.